The molecule has 1 atom stereocenters. The predicted molar refractivity (Wildman–Crippen MR) is 106 cm³/mol. The number of ether oxygens (including phenoxy) is 1. The second-order valence-electron chi connectivity index (χ2n) is 6.22. The number of rotatable bonds is 4. The van der Waals surface area contributed by atoms with E-state index in [1.807, 2.05) is 69.3 Å². The van der Waals surface area contributed by atoms with Crippen molar-refractivity contribution in [3.63, 3.8) is 0 Å². The summed E-state index contributed by atoms with van der Waals surface area (Å²) >= 11 is 4.00. The second kappa shape index (κ2) is 7.92. The standard InChI is InChI=1S/C19H21NO2S2/c1-19(2,3)24(21)20-13-14-9-5-6-10-15(14)16-11-7-8-12-17(16)18(23)22-4/h5-13H,1-4H3/b20-13-. The number of thiocarbonyl (C=S) groups is 1. The fourth-order valence-electron chi connectivity index (χ4n) is 2.12. The SMILES string of the molecule is COC(=S)c1ccccc1-c1ccccc1/C=N\[S+]([O-])C(C)(C)C. The van der Waals surface area contributed by atoms with E-state index in [1.54, 1.807) is 13.3 Å². The lowest BCUT2D eigenvalue weighted by Crippen LogP contribution is -2.25. The molecule has 0 saturated heterocycles. The third-order valence-corrected chi connectivity index (χ3v) is 5.13. The molecular formula is C19H21NO2S2. The lowest BCUT2D eigenvalue weighted by molar-refractivity contribution is 0.416. The van der Waals surface area contributed by atoms with Gasteiger partial charge in [-0.1, -0.05) is 46.9 Å². The van der Waals surface area contributed by atoms with E-state index >= 15 is 0 Å². The third-order valence-electron chi connectivity index (χ3n) is 3.39. The Morgan fingerprint density at radius 2 is 1.67 bits per heavy atom. The van der Waals surface area contributed by atoms with Gasteiger partial charge in [-0.05, 0) is 50.2 Å². The van der Waals surface area contributed by atoms with Crippen LogP contribution in [0.2, 0.25) is 0 Å². The molecule has 0 spiro atoms. The summed E-state index contributed by atoms with van der Waals surface area (Å²) < 4.78 is 21.3. The minimum Gasteiger partial charge on any atom is -0.591 e. The molecular weight excluding hydrogens is 338 g/mol. The molecule has 0 aliphatic heterocycles. The zero-order chi connectivity index (χ0) is 17.7. The molecule has 24 heavy (non-hydrogen) atoms. The van der Waals surface area contributed by atoms with Gasteiger partial charge in [0.15, 0.2) is 5.05 Å². The zero-order valence-electron chi connectivity index (χ0n) is 14.3. The molecule has 0 radical (unpaired) electrons. The van der Waals surface area contributed by atoms with Crippen LogP contribution in [0.15, 0.2) is 52.9 Å². The summed E-state index contributed by atoms with van der Waals surface area (Å²) in [7, 11) is 1.57. The molecule has 0 aliphatic carbocycles. The molecule has 0 saturated carbocycles. The van der Waals surface area contributed by atoms with Gasteiger partial charge in [-0.2, -0.15) is 0 Å². The first-order valence-corrected chi connectivity index (χ1v) is 9.09. The monoisotopic (exact) mass is 359 g/mol. The topological polar surface area (TPSA) is 44.6 Å². The summed E-state index contributed by atoms with van der Waals surface area (Å²) in [6, 6.07) is 15.6. The van der Waals surface area contributed by atoms with Crippen LogP contribution in [0.3, 0.4) is 0 Å². The summed E-state index contributed by atoms with van der Waals surface area (Å²) in [6.45, 7) is 5.70. The lowest BCUT2D eigenvalue weighted by atomic mass is 9.96. The predicted octanol–water partition coefficient (Wildman–Crippen LogP) is 4.56. The Bertz CT molecular complexity index is 751. The molecule has 2 aromatic rings. The van der Waals surface area contributed by atoms with E-state index in [-0.39, 0.29) is 4.75 Å². The van der Waals surface area contributed by atoms with Crippen LogP contribution in [0.4, 0.5) is 0 Å². The van der Waals surface area contributed by atoms with Crippen LogP contribution < -0.4 is 0 Å². The fourth-order valence-corrected chi connectivity index (χ4v) is 2.83. The van der Waals surface area contributed by atoms with Crippen LogP contribution in [-0.4, -0.2) is 27.7 Å². The maximum Gasteiger partial charge on any atom is 0.191 e. The molecule has 0 N–H and O–H groups in total. The molecule has 0 bridgehead atoms. The highest BCUT2D eigenvalue weighted by Gasteiger charge is 2.26. The Morgan fingerprint density at radius 3 is 2.29 bits per heavy atom. The van der Waals surface area contributed by atoms with Gasteiger partial charge in [-0.3, -0.25) is 0 Å². The molecule has 2 rings (SSSR count). The molecule has 0 amide bonds. The van der Waals surface area contributed by atoms with Gasteiger partial charge in [0.25, 0.3) is 0 Å². The van der Waals surface area contributed by atoms with Gasteiger partial charge in [0.2, 0.25) is 0 Å². The van der Waals surface area contributed by atoms with Gasteiger partial charge in [0, 0.05) is 11.1 Å². The Labute approximate surface area is 152 Å². The Hall–Kier alpha value is -1.69. The van der Waals surface area contributed by atoms with Crippen molar-refractivity contribution in [3.05, 3.63) is 59.7 Å². The summed E-state index contributed by atoms with van der Waals surface area (Å²) in [5.74, 6) is 0. The number of methoxy groups -OCH3 is 1. The molecule has 1 unspecified atom stereocenters. The van der Waals surface area contributed by atoms with E-state index in [1.165, 1.54) is 0 Å². The molecule has 0 aliphatic rings. The van der Waals surface area contributed by atoms with Crippen LogP contribution in [0.1, 0.15) is 31.9 Å². The molecule has 2 aromatic carbocycles. The molecule has 5 heteroatoms. The van der Waals surface area contributed by atoms with E-state index in [9.17, 15) is 4.55 Å². The van der Waals surface area contributed by atoms with E-state index < -0.39 is 11.4 Å². The number of hydrogen-bond acceptors (Lipinski definition) is 4. The lowest BCUT2D eigenvalue weighted by Gasteiger charge is -2.18. The van der Waals surface area contributed by atoms with Crippen molar-refractivity contribution >= 4 is 34.8 Å². The van der Waals surface area contributed by atoms with Crippen molar-refractivity contribution in [2.75, 3.05) is 7.11 Å². The summed E-state index contributed by atoms with van der Waals surface area (Å²) in [4.78, 5) is 0. The fraction of sp³-hybridized carbons (Fsp3) is 0.263. The highest BCUT2D eigenvalue weighted by atomic mass is 32.2. The van der Waals surface area contributed by atoms with Crippen molar-refractivity contribution in [2.45, 2.75) is 25.5 Å². The van der Waals surface area contributed by atoms with Crippen molar-refractivity contribution in [2.24, 2.45) is 4.40 Å². The first kappa shape index (κ1) is 18.6. The minimum atomic E-state index is -1.30. The molecule has 0 aromatic heterocycles. The van der Waals surface area contributed by atoms with Crippen molar-refractivity contribution in [3.8, 4) is 11.1 Å². The Balaban J connectivity index is 2.48. The average molecular weight is 360 g/mol. The summed E-state index contributed by atoms with van der Waals surface area (Å²) in [6.07, 6.45) is 1.67. The first-order chi connectivity index (χ1) is 11.3. The minimum absolute atomic E-state index is 0.388. The van der Waals surface area contributed by atoms with Gasteiger partial charge in [-0.15, -0.1) is 0 Å². The molecule has 3 nitrogen and oxygen atoms in total. The number of hydrogen-bond donors (Lipinski definition) is 0. The van der Waals surface area contributed by atoms with Gasteiger partial charge < -0.3 is 9.29 Å². The number of nitrogens with zero attached hydrogens (tertiary/aromatic N) is 1. The molecule has 126 valence electrons. The van der Waals surface area contributed by atoms with E-state index in [2.05, 4.69) is 4.40 Å². The highest BCUT2D eigenvalue weighted by molar-refractivity contribution is 7.91. The summed E-state index contributed by atoms with van der Waals surface area (Å²) in [5, 5.41) is 0.440. The van der Waals surface area contributed by atoms with Crippen LogP contribution >= 0.6 is 12.2 Å². The maximum atomic E-state index is 12.2. The molecule has 0 heterocycles. The average Bonchev–Trinajstić information content (AvgIpc) is 2.58. The largest absolute Gasteiger partial charge is 0.591 e. The smallest absolute Gasteiger partial charge is 0.191 e. The van der Waals surface area contributed by atoms with E-state index in [0.717, 1.165) is 22.3 Å². The van der Waals surface area contributed by atoms with Crippen LogP contribution in [0.25, 0.3) is 11.1 Å². The van der Waals surface area contributed by atoms with Gasteiger partial charge >= 0.3 is 0 Å². The summed E-state index contributed by atoms with van der Waals surface area (Å²) in [5.41, 5.74) is 3.68. The maximum absolute atomic E-state index is 12.2. The Morgan fingerprint density at radius 1 is 1.08 bits per heavy atom. The zero-order valence-corrected chi connectivity index (χ0v) is 15.9. The van der Waals surface area contributed by atoms with Crippen molar-refractivity contribution in [1.82, 2.24) is 0 Å². The van der Waals surface area contributed by atoms with Crippen molar-refractivity contribution < 1.29 is 9.29 Å². The first-order valence-electron chi connectivity index (χ1n) is 7.57. The third kappa shape index (κ3) is 4.44. The van der Waals surface area contributed by atoms with Gasteiger partial charge in [0.05, 0.1) is 13.3 Å². The van der Waals surface area contributed by atoms with Crippen LogP contribution in [-0.2, 0) is 16.1 Å². The normalized spacial score (nSPS) is 13.0. The molecule has 0 fully saturated rings. The van der Waals surface area contributed by atoms with Crippen LogP contribution in [0, 0.1) is 0 Å². The second-order valence-corrected chi connectivity index (χ2v) is 8.53. The Kier molecular flexibility index (Phi) is 6.15. The van der Waals surface area contributed by atoms with Crippen molar-refractivity contribution in [1.29, 1.82) is 0 Å². The number of benzene rings is 2. The van der Waals surface area contributed by atoms with E-state index in [4.69, 9.17) is 17.0 Å². The quantitative estimate of drug-likeness (QED) is 0.457. The van der Waals surface area contributed by atoms with E-state index in [0.29, 0.717) is 5.05 Å². The van der Waals surface area contributed by atoms with Crippen LogP contribution in [0.5, 0.6) is 0 Å². The van der Waals surface area contributed by atoms with Gasteiger partial charge in [0.1, 0.15) is 16.1 Å². The highest BCUT2D eigenvalue weighted by Crippen LogP contribution is 2.27. The van der Waals surface area contributed by atoms with Gasteiger partial charge in [-0.25, -0.2) is 0 Å².